The number of nitrogens with zero attached hydrogens (tertiary/aromatic N) is 2. The molecule has 4 heteroatoms. The third-order valence-electron chi connectivity index (χ3n) is 6.57. The summed E-state index contributed by atoms with van der Waals surface area (Å²) in [5, 5.41) is 1.05. The van der Waals surface area contributed by atoms with Gasteiger partial charge in [0.2, 0.25) is 0 Å². The molecular weight excluding hydrogens is 436 g/mol. The molecule has 4 rings (SSSR count). The highest BCUT2D eigenvalue weighted by atomic mass is 79.9. The third-order valence-corrected chi connectivity index (χ3v) is 7.21. The molecule has 0 saturated carbocycles. The predicted octanol–water partition coefficient (Wildman–Crippen LogP) is 6.44. The third kappa shape index (κ3) is 4.40. The fourth-order valence-electron chi connectivity index (χ4n) is 4.96. The number of likely N-dealkylation sites (tertiary alicyclic amines) is 1. The first kappa shape index (κ1) is 21.3. The SMILES string of the molecule is CCc1ccccc1C1CCN(CCCn2cc(C(C)=O)c3cccc(Br)c32)CC1. The zero-order valence-electron chi connectivity index (χ0n) is 18.0. The van der Waals surface area contributed by atoms with Crippen molar-refractivity contribution >= 4 is 32.6 Å². The van der Waals surface area contributed by atoms with Crippen molar-refractivity contribution in [3.63, 3.8) is 0 Å². The van der Waals surface area contributed by atoms with Gasteiger partial charge >= 0.3 is 0 Å². The highest BCUT2D eigenvalue weighted by Gasteiger charge is 2.22. The predicted molar refractivity (Wildman–Crippen MR) is 128 cm³/mol. The normalized spacial score (nSPS) is 15.7. The van der Waals surface area contributed by atoms with E-state index in [1.807, 2.05) is 18.3 Å². The molecule has 2 aromatic carbocycles. The van der Waals surface area contributed by atoms with Crippen LogP contribution in [0.25, 0.3) is 10.9 Å². The lowest BCUT2D eigenvalue weighted by Gasteiger charge is -2.33. The van der Waals surface area contributed by atoms with Crippen molar-refractivity contribution < 1.29 is 4.79 Å². The summed E-state index contributed by atoms with van der Waals surface area (Å²) in [6.07, 6.45) is 6.76. The number of fused-ring (bicyclic) bond motifs is 1. The summed E-state index contributed by atoms with van der Waals surface area (Å²) in [5.41, 5.74) is 5.04. The summed E-state index contributed by atoms with van der Waals surface area (Å²) >= 11 is 3.68. The number of ketones is 1. The van der Waals surface area contributed by atoms with E-state index in [9.17, 15) is 4.79 Å². The number of piperidine rings is 1. The van der Waals surface area contributed by atoms with Crippen LogP contribution in [-0.4, -0.2) is 34.9 Å². The van der Waals surface area contributed by atoms with Crippen LogP contribution in [0.3, 0.4) is 0 Å². The number of carbonyl (C=O) groups excluding carboxylic acids is 1. The van der Waals surface area contributed by atoms with Crippen molar-refractivity contribution in [3.05, 3.63) is 69.8 Å². The van der Waals surface area contributed by atoms with Gasteiger partial charge < -0.3 is 9.47 Å². The monoisotopic (exact) mass is 466 g/mol. The Labute approximate surface area is 188 Å². The van der Waals surface area contributed by atoms with E-state index in [2.05, 4.69) is 62.7 Å². The number of para-hydroxylation sites is 1. The van der Waals surface area contributed by atoms with E-state index in [-0.39, 0.29) is 5.78 Å². The van der Waals surface area contributed by atoms with Crippen molar-refractivity contribution in [2.75, 3.05) is 19.6 Å². The molecule has 0 unspecified atom stereocenters. The number of hydrogen-bond donors (Lipinski definition) is 0. The van der Waals surface area contributed by atoms with E-state index in [0.29, 0.717) is 5.92 Å². The lowest BCUT2D eigenvalue weighted by molar-refractivity contribution is 0.101. The Balaban J connectivity index is 1.36. The molecule has 0 bridgehead atoms. The van der Waals surface area contributed by atoms with Crippen molar-refractivity contribution in [1.82, 2.24) is 9.47 Å². The van der Waals surface area contributed by atoms with Crippen LogP contribution in [0.15, 0.2) is 53.1 Å². The van der Waals surface area contributed by atoms with Crippen LogP contribution in [0.5, 0.6) is 0 Å². The minimum atomic E-state index is 0.131. The Morgan fingerprint density at radius 1 is 1.07 bits per heavy atom. The van der Waals surface area contributed by atoms with Crippen LogP contribution in [0, 0.1) is 0 Å². The first-order valence-corrected chi connectivity index (χ1v) is 12.0. The minimum Gasteiger partial charge on any atom is -0.346 e. The van der Waals surface area contributed by atoms with Gasteiger partial charge in [0, 0.05) is 28.2 Å². The summed E-state index contributed by atoms with van der Waals surface area (Å²) in [7, 11) is 0. The Morgan fingerprint density at radius 2 is 1.83 bits per heavy atom. The maximum atomic E-state index is 12.1. The number of halogens is 1. The van der Waals surface area contributed by atoms with Crippen molar-refractivity contribution in [2.45, 2.75) is 52.0 Å². The Hall–Kier alpha value is -1.91. The van der Waals surface area contributed by atoms with Gasteiger partial charge in [0.05, 0.1) is 5.52 Å². The molecule has 1 fully saturated rings. The number of aryl methyl sites for hydroxylation is 2. The molecule has 1 aromatic heterocycles. The molecule has 3 aromatic rings. The second-order valence-corrected chi connectivity index (χ2v) is 9.30. The molecule has 0 aliphatic carbocycles. The number of Topliss-reactive ketones (excluding diaryl/α,β-unsaturated/α-hetero) is 1. The summed E-state index contributed by atoms with van der Waals surface area (Å²) in [4.78, 5) is 14.7. The fourth-order valence-corrected chi connectivity index (χ4v) is 5.55. The Kier molecular flexibility index (Phi) is 6.74. The zero-order chi connectivity index (χ0) is 21.1. The molecular formula is C26H31BrN2O. The first-order chi connectivity index (χ1) is 14.6. The van der Waals surface area contributed by atoms with E-state index in [1.165, 1.54) is 31.5 Å². The topological polar surface area (TPSA) is 25.2 Å². The minimum absolute atomic E-state index is 0.131. The smallest absolute Gasteiger partial charge is 0.161 e. The molecule has 1 saturated heterocycles. The van der Waals surface area contributed by atoms with Gasteiger partial charge in [-0.1, -0.05) is 43.3 Å². The standard InChI is InChI=1S/C26H31BrN2O/c1-3-20-8-4-5-9-22(20)21-12-16-28(17-13-21)14-7-15-29-18-24(19(2)30)23-10-6-11-25(27)26(23)29/h4-6,8-11,18,21H,3,7,12-17H2,1-2H3. The number of carbonyl (C=O) groups is 1. The number of benzene rings is 2. The number of hydrogen-bond acceptors (Lipinski definition) is 2. The van der Waals surface area contributed by atoms with Crippen molar-refractivity contribution in [1.29, 1.82) is 0 Å². The van der Waals surface area contributed by atoms with Gasteiger partial charge in [0.1, 0.15) is 0 Å². The van der Waals surface area contributed by atoms with Gasteiger partial charge in [0.15, 0.2) is 5.78 Å². The Morgan fingerprint density at radius 3 is 2.57 bits per heavy atom. The lowest BCUT2D eigenvalue weighted by atomic mass is 9.86. The number of aromatic nitrogens is 1. The van der Waals surface area contributed by atoms with Gasteiger partial charge in [-0.05, 0) is 91.3 Å². The van der Waals surface area contributed by atoms with Gasteiger partial charge in [-0.25, -0.2) is 0 Å². The molecule has 30 heavy (non-hydrogen) atoms. The highest BCUT2D eigenvalue weighted by molar-refractivity contribution is 9.10. The second kappa shape index (κ2) is 9.49. The average Bonchev–Trinajstić information content (AvgIpc) is 3.14. The summed E-state index contributed by atoms with van der Waals surface area (Å²) in [6, 6.07) is 15.1. The van der Waals surface area contributed by atoms with Gasteiger partial charge in [-0.15, -0.1) is 0 Å². The summed E-state index contributed by atoms with van der Waals surface area (Å²) in [5.74, 6) is 0.839. The van der Waals surface area contributed by atoms with Crippen LogP contribution in [0.4, 0.5) is 0 Å². The molecule has 158 valence electrons. The van der Waals surface area contributed by atoms with Crippen LogP contribution in [-0.2, 0) is 13.0 Å². The molecule has 1 aliphatic rings. The highest BCUT2D eigenvalue weighted by Crippen LogP contribution is 2.31. The van der Waals surface area contributed by atoms with Crippen molar-refractivity contribution in [3.8, 4) is 0 Å². The molecule has 0 radical (unpaired) electrons. The molecule has 0 spiro atoms. The quantitative estimate of drug-likeness (QED) is 0.374. The summed E-state index contributed by atoms with van der Waals surface area (Å²) < 4.78 is 3.31. The maximum Gasteiger partial charge on any atom is 0.161 e. The molecule has 0 amide bonds. The fraction of sp³-hybridized carbons (Fsp3) is 0.423. The lowest BCUT2D eigenvalue weighted by Crippen LogP contribution is -2.34. The van der Waals surface area contributed by atoms with Crippen LogP contribution >= 0.6 is 15.9 Å². The van der Waals surface area contributed by atoms with Gasteiger partial charge in [-0.3, -0.25) is 4.79 Å². The average molecular weight is 467 g/mol. The first-order valence-electron chi connectivity index (χ1n) is 11.2. The van der Waals surface area contributed by atoms with E-state index in [4.69, 9.17) is 0 Å². The van der Waals surface area contributed by atoms with Crippen LogP contribution in [0.1, 0.15) is 60.5 Å². The van der Waals surface area contributed by atoms with Crippen LogP contribution < -0.4 is 0 Å². The van der Waals surface area contributed by atoms with Gasteiger partial charge in [0.25, 0.3) is 0 Å². The number of rotatable bonds is 7. The second-order valence-electron chi connectivity index (χ2n) is 8.45. The van der Waals surface area contributed by atoms with Gasteiger partial charge in [-0.2, -0.15) is 0 Å². The van der Waals surface area contributed by atoms with Crippen LogP contribution in [0.2, 0.25) is 0 Å². The molecule has 0 atom stereocenters. The molecule has 2 heterocycles. The molecule has 0 N–H and O–H groups in total. The zero-order valence-corrected chi connectivity index (χ0v) is 19.6. The van der Waals surface area contributed by atoms with E-state index >= 15 is 0 Å². The van der Waals surface area contributed by atoms with E-state index in [0.717, 1.165) is 46.9 Å². The maximum absolute atomic E-state index is 12.1. The molecule has 3 nitrogen and oxygen atoms in total. The largest absolute Gasteiger partial charge is 0.346 e. The van der Waals surface area contributed by atoms with Crippen molar-refractivity contribution in [2.24, 2.45) is 0 Å². The molecule has 1 aliphatic heterocycles. The summed E-state index contributed by atoms with van der Waals surface area (Å²) in [6.45, 7) is 8.32. The Bertz CT molecular complexity index is 1030. The van der Waals surface area contributed by atoms with E-state index in [1.54, 1.807) is 12.5 Å². The van der Waals surface area contributed by atoms with E-state index < -0.39 is 0 Å².